The topological polar surface area (TPSA) is 119 Å². The van der Waals surface area contributed by atoms with Crippen LogP contribution >= 0.6 is 0 Å². The summed E-state index contributed by atoms with van der Waals surface area (Å²) in [5.41, 5.74) is 0.641. The minimum Gasteiger partial charge on any atom is -0.481 e. The maximum Gasteiger partial charge on any atom is 0.335 e. The van der Waals surface area contributed by atoms with Crippen molar-refractivity contribution in [1.29, 1.82) is 0 Å². The number of fused-ring (bicyclic) bond motifs is 1. The lowest BCUT2D eigenvalue weighted by Gasteiger charge is -2.58. The number of hydrogen-bond acceptors (Lipinski definition) is 7. The van der Waals surface area contributed by atoms with E-state index in [1.165, 1.54) is 7.11 Å². The number of carbonyl (C=O) groups excluding carboxylic acids is 2. The molecule has 2 aliphatic carbocycles. The van der Waals surface area contributed by atoms with Crippen molar-refractivity contribution in [3.8, 4) is 0 Å². The number of rotatable bonds is 9. The SMILES string of the molecule is C=C1CCC2C(C)(CO)CCCC2(C)C1COC(C(=O)OC)C(CC(=O)O)C(=O)OC. The summed E-state index contributed by atoms with van der Waals surface area (Å²) in [4.78, 5) is 35.9. The Morgan fingerprint density at radius 2 is 1.81 bits per heavy atom. The molecule has 0 bridgehead atoms. The summed E-state index contributed by atoms with van der Waals surface area (Å²) in [5.74, 6) is -4.03. The van der Waals surface area contributed by atoms with Gasteiger partial charge in [-0.05, 0) is 42.4 Å². The average molecular weight is 441 g/mol. The molecule has 8 nitrogen and oxygen atoms in total. The van der Waals surface area contributed by atoms with E-state index >= 15 is 0 Å². The molecule has 0 radical (unpaired) electrons. The number of aliphatic hydroxyl groups excluding tert-OH is 1. The standard InChI is InChI=1S/C23H36O8/c1-14-7-8-17-22(2,13-24)9-6-10-23(17,3)16(14)12-31-19(21(28)30-5)15(11-18(25)26)20(27)29-4/h15-17,19,24H,1,6-13H2,2-5H3,(H,25,26). The third-order valence-corrected chi connectivity index (χ3v) is 7.64. The second-order valence-corrected chi connectivity index (χ2v) is 9.48. The van der Waals surface area contributed by atoms with Crippen LogP contribution in [-0.4, -0.2) is 61.7 Å². The van der Waals surface area contributed by atoms with E-state index in [0.29, 0.717) is 0 Å². The Morgan fingerprint density at radius 3 is 2.35 bits per heavy atom. The predicted octanol–water partition coefficient (Wildman–Crippen LogP) is 2.58. The lowest BCUT2D eigenvalue weighted by Crippen LogP contribution is -2.53. The number of carboxylic acids is 1. The van der Waals surface area contributed by atoms with E-state index in [-0.39, 0.29) is 35.9 Å². The summed E-state index contributed by atoms with van der Waals surface area (Å²) in [7, 11) is 2.30. The number of carbonyl (C=O) groups is 3. The van der Waals surface area contributed by atoms with Crippen molar-refractivity contribution in [1.82, 2.24) is 0 Å². The zero-order chi connectivity index (χ0) is 23.4. The number of methoxy groups -OCH3 is 2. The van der Waals surface area contributed by atoms with E-state index in [9.17, 15) is 24.6 Å². The molecule has 176 valence electrons. The molecule has 6 atom stereocenters. The van der Waals surface area contributed by atoms with Gasteiger partial charge in [-0.1, -0.05) is 32.4 Å². The molecule has 2 N–H and O–H groups in total. The zero-order valence-electron chi connectivity index (χ0n) is 19.0. The van der Waals surface area contributed by atoms with Crippen molar-refractivity contribution >= 4 is 17.9 Å². The van der Waals surface area contributed by atoms with Gasteiger partial charge in [0.1, 0.15) is 5.92 Å². The largest absolute Gasteiger partial charge is 0.481 e. The fourth-order valence-electron chi connectivity index (χ4n) is 5.90. The van der Waals surface area contributed by atoms with Gasteiger partial charge in [0.25, 0.3) is 0 Å². The van der Waals surface area contributed by atoms with Crippen LogP contribution in [0.1, 0.15) is 52.4 Å². The maximum absolute atomic E-state index is 12.4. The van der Waals surface area contributed by atoms with E-state index in [0.717, 1.165) is 44.8 Å². The Labute approximate surface area is 183 Å². The van der Waals surface area contributed by atoms with Gasteiger partial charge in [-0.2, -0.15) is 0 Å². The van der Waals surface area contributed by atoms with E-state index in [1.54, 1.807) is 0 Å². The van der Waals surface area contributed by atoms with Crippen LogP contribution in [0.5, 0.6) is 0 Å². The lowest BCUT2D eigenvalue weighted by molar-refractivity contribution is -0.174. The van der Waals surface area contributed by atoms with Crippen molar-refractivity contribution in [3.05, 3.63) is 12.2 Å². The van der Waals surface area contributed by atoms with Crippen LogP contribution in [0.15, 0.2) is 12.2 Å². The minimum absolute atomic E-state index is 0.0901. The summed E-state index contributed by atoms with van der Waals surface area (Å²) in [5, 5.41) is 19.3. The molecule has 6 unspecified atom stereocenters. The van der Waals surface area contributed by atoms with Gasteiger partial charge in [0.15, 0.2) is 6.10 Å². The number of hydrogen-bond donors (Lipinski definition) is 2. The molecular formula is C23H36O8. The predicted molar refractivity (Wildman–Crippen MR) is 112 cm³/mol. The highest BCUT2D eigenvalue weighted by Gasteiger charge is 2.54. The number of esters is 2. The second kappa shape index (κ2) is 10.1. The van der Waals surface area contributed by atoms with E-state index < -0.39 is 36.4 Å². The molecule has 2 fully saturated rings. The van der Waals surface area contributed by atoms with Crippen LogP contribution in [0.3, 0.4) is 0 Å². The molecule has 2 aliphatic rings. The third-order valence-electron chi connectivity index (χ3n) is 7.64. The van der Waals surface area contributed by atoms with E-state index in [2.05, 4.69) is 20.4 Å². The van der Waals surface area contributed by atoms with Crippen LogP contribution in [0.25, 0.3) is 0 Å². The Morgan fingerprint density at radius 1 is 1.16 bits per heavy atom. The highest BCUT2D eigenvalue weighted by atomic mass is 16.6. The van der Waals surface area contributed by atoms with Crippen LogP contribution in [0, 0.1) is 28.6 Å². The molecule has 2 saturated carbocycles. The van der Waals surface area contributed by atoms with Gasteiger partial charge in [-0.25, -0.2) is 4.79 Å². The molecule has 8 heteroatoms. The van der Waals surface area contributed by atoms with Crippen molar-refractivity contribution in [2.45, 2.75) is 58.5 Å². The minimum atomic E-state index is -1.39. The summed E-state index contributed by atoms with van der Waals surface area (Å²) in [6.07, 6.45) is 2.60. The molecule has 0 aromatic heterocycles. The molecule has 0 spiro atoms. The Hall–Kier alpha value is -1.93. The monoisotopic (exact) mass is 440 g/mol. The van der Waals surface area contributed by atoms with Crippen LogP contribution < -0.4 is 0 Å². The number of aliphatic carboxylic acids is 1. The lowest BCUT2D eigenvalue weighted by atomic mass is 9.47. The first-order chi connectivity index (χ1) is 14.5. The first kappa shape index (κ1) is 25.3. The molecule has 0 amide bonds. The third kappa shape index (κ3) is 5.12. The molecule has 0 aliphatic heterocycles. The van der Waals surface area contributed by atoms with Crippen molar-refractivity contribution in [2.75, 3.05) is 27.4 Å². The van der Waals surface area contributed by atoms with E-state index in [1.807, 2.05) is 0 Å². The van der Waals surface area contributed by atoms with Gasteiger partial charge in [-0.15, -0.1) is 0 Å². The molecule has 0 saturated heterocycles. The highest BCUT2D eigenvalue weighted by molar-refractivity contribution is 5.86. The van der Waals surface area contributed by atoms with Gasteiger partial charge in [0, 0.05) is 12.5 Å². The second-order valence-electron chi connectivity index (χ2n) is 9.48. The Balaban J connectivity index is 2.30. The van der Waals surface area contributed by atoms with E-state index in [4.69, 9.17) is 14.2 Å². The van der Waals surface area contributed by atoms with Gasteiger partial charge in [0.2, 0.25) is 0 Å². The molecule has 0 aromatic carbocycles. The maximum atomic E-state index is 12.4. The number of carboxylic acid groups (broad SMARTS) is 1. The van der Waals surface area contributed by atoms with Crippen LogP contribution in [0.2, 0.25) is 0 Å². The number of ether oxygens (including phenoxy) is 3. The number of aliphatic hydroxyl groups is 1. The van der Waals surface area contributed by atoms with Gasteiger partial charge in [0.05, 0.1) is 27.2 Å². The summed E-state index contributed by atoms with van der Waals surface area (Å²) in [6, 6.07) is 0. The first-order valence-electron chi connectivity index (χ1n) is 10.8. The van der Waals surface area contributed by atoms with Crippen molar-refractivity contribution in [3.63, 3.8) is 0 Å². The van der Waals surface area contributed by atoms with Crippen LogP contribution in [0.4, 0.5) is 0 Å². The molecule has 2 rings (SSSR count). The van der Waals surface area contributed by atoms with Crippen molar-refractivity contribution < 1.29 is 38.8 Å². The summed E-state index contributed by atoms with van der Waals surface area (Å²) in [6.45, 7) is 8.78. The molecule has 31 heavy (non-hydrogen) atoms. The van der Waals surface area contributed by atoms with Gasteiger partial charge in [-0.3, -0.25) is 9.59 Å². The summed E-state index contributed by atoms with van der Waals surface area (Å²) >= 11 is 0. The normalized spacial score (nSPS) is 32.5. The fraction of sp³-hybridized carbons (Fsp3) is 0.783. The summed E-state index contributed by atoms with van der Waals surface area (Å²) < 4.78 is 15.5. The molecule has 0 aromatic rings. The molecule has 0 heterocycles. The Bertz CT molecular complexity index is 704. The van der Waals surface area contributed by atoms with Gasteiger partial charge < -0.3 is 24.4 Å². The first-order valence-corrected chi connectivity index (χ1v) is 10.8. The van der Waals surface area contributed by atoms with Gasteiger partial charge >= 0.3 is 17.9 Å². The molecular weight excluding hydrogens is 404 g/mol. The highest BCUT2D eigenvalue weighted by Crippen LogP contribution is 2.60. The van der Waals surface area contributed by atoms with Crippen molar-refractivity contribution in [2.24, 2.45) is 28.6 Å². The zero-order valence-corrected chi connectivity index (χ0v) is 19.0. The Kier molecular flexibility index (Phi) is 8.27. The smallest absolute Gasteiger partial charge is 0.335 e. The average Bonchev–Trinajstić information content (AvgIpc) is 2.73. The fourth-order valence-corrected chi connectivity index (χ4v) is 5.90. The van der Waals surface area contributed by atoms with Crippen LogP contribution in [-0.2, 0) is 28.6 Å². The quantitative estimate of drug-likeness (QED) is 0.415.